The van der Waals surface area contributed by atoms with Gasteiger partial charge in [-0.3, -0.25) is 9.36 Å². The predicted molar refractivity (Wildman–Crippen MR) is 128 cm³/mol. The third-order valence-electron chi connectivity index (χ3n) is 7.44. The van der Waals surface area contributed by atoms with Gasteiger partial charge >= 0.3 is 0 Å². The maximum Gasteiger partial charge on any atom is 0.228 e. The summed E-state index contributed by atoms with van der Waals surface area (Å²) < 4.78 is 8.02. The molecule has 4 rings (SSSR count). The quantitative estimate of drug-likeness (QED) is 0.354. The van der Waals surface area contributed by atoms with Crippen LogP contribution >= 0.6 is 0 Å². The highest BCUT2D eigenvalue weighted by Gasteiger charge is 2.49. The van der Waals surface area contributed by atoms with E-state index in [2.05, 4.69) is 45.3 Å². The highest BCUT2D eigenvalue weighted by molar-refractivity contribution is 6.74. The Morgan fingerprint density at radius 2 is 1.75 bits per heavy atom. The molecular weight excluding hydrogens is 420 g/mol. The zero-order chi connectivity index (χ0) is 23.4. The number of carbonyl (C=O) groups excluding carboxylic acids is 1. The fraction of sp³-hybridized carbons (Fsp3) is 0.480. The van der Waals surface area contributed by atoms with Crippen LogP contribution in [0.1, 0.15) is 38.8 Å². The predicted octanol–water partition coefficient (Wildman–Crippen LogP) is 4.44. The number of allylic oxidation sites excluding steroid dienone is 1. The molecule has 3 atom stereocenters. The van der Waals surface area contributed by atoms with Crippen LogP contribution in [0.5, 0.6) is 11.8 Å². The number of nitrogens with one attached hydrogen (secondary N) is 1. The van der Waals surface area contributed by atoms with Gasteiger partial charge in [-0.05, 0) is 49.2 Å². The molecule has 0 radical (unpaired) electrons. The van der Waals surface area contributed by atoms with E-state index in [-0.39, 0.29) is 40.8 Å². The van der Waals surface area contributed by atoms with E-state index in [1.54, 1.807) is 0 Å². The summed E-state index contributed by atoms with van der Waals surface area (Å²) in [5, 5.41) is 24.8. The van der Waals surface area contributed by atoms with Gasteiger partial charge in [0.25, 0.3) is 0 Å². The lowest BCUT2D eigenvalue weighted by Gasteiger charge is -2.46. The van der Waals surface area contributed by atoms with Crippen molar-refractivity contribution in [3.63, 3.8) is 0 Å². The molecule has 1 amide bonds. The molecule has 1 aromatic heterocycles. The van der Waals surface area contributed by atoms with Crippen molar-refractivity contribution in [2.75, 3.05) is 0 Å². The molecule has 0 saturated carbocycles. The topological polar surface area (TPSA) is 83.7 Å². The van der Waals surface area contributed by atoms with Crippen LogP contribution in [0.3, 0.4) is 0 Å². The standard InChI is InChI=1S/C25H34N2O4Si/c1-15(31-32(5,6)25(2,3)4)20-21(26-22(20)28)16-12-13-18-19(14-16)24(30)27(23(18)29)17-10-8-7-9-11-17/h7-12,15,20-21,29-30H,13-14H2,1-6H3,(H,26,28)/t15-,20+,21+/m0/s1. The summed E-state index contributed by atoms with van der Waals surface area (Å²) in [6.07, 6.45) is 2.89. The first kappa shape index (κ1) is 22.7. The highest BCUT2D eigenvalue weighted by Crippen LogP contribution is 2.44. The lowest BCUT2D eigenvalue weighted by Crippen LogP contribution is -2.64. The third kappa shape index (κ3) is 3.67. The molecule has 1 fully saturated rings. The Morgan fingerprint density at radius 3 is 2.34 bits per heavy atom. The number of para-hydroxylation sites is 1. The van der Waals surface area contributed by atoms with Crippen molar-refractivity contribution in [2.45, 2.75) is 70.8 Å². The number of rotatable bonds is 5. The van der Waals surface area contributed by atoms with Crippen LogP contribution in [-0.2, 0) is 22.1 Å². The minimum Gasteiger partial charge on any atom is -0.494 e. The summed E-state index contributed by atoms with van der Waals surface area (Å²) in [6, 6.07) is 9.22. The zero-order valence-electron chi connectivity index (χ0n) is 19.8. The number of amides is 1. The minimum atomic E-state index is -2.01. The molecule has 1 aliphatic heterocycles. The molecule has 2 heterocycles. The maximum atomic E-state index is 12.5. The lowest BCUT2D eigenvalue weighted by molar-refractivity contribution is -0.138. The van der Waals surface area contributed by atoms with E-state index in [1.807, 2.05) is 37.3 Å². The van der Waals surface area contributed by atoms with Gasteiger partial charge < -0.3 is 20.0 Å². The number of hydrogen-bond acceptors (Lipinski definition) is 4. The van der Waals surface area contributed by atoms with E-state index in [1.165, 1.54) is 4.57 Å². The Balaban J connectivity index is 1.56. The van der Waals surface area contributed by atoms with E-state index in [4.69, 9.17) is 4.43 Å². The monoisotopic (exact) mass is 454 g/mol. The van der Waals surface area contributed by atoms with Crippen molar-refractivity contribution in [2.24, 2.45) is 5.92 Å². The summed E-state index contributed by atoms with van der Waals surface area (Å²) in [6.45, 7) is 13.0. The first-order chi connectivity index (χ1) is 14.9. The molecule has 3 N–H and O–H groups in total. The van der Waals surface area contributed by atoms with Crippen molar-refractivity contribution < 1.29 is 19.4 Å². The Bertz CT molecular complexity index is 1070. The summed E-state index contributed by atoms with van der Waals surface area (Å²) in [5.41, 5.74) is 3.24. The van der Waals surface area contributed by atoms with Crippen LogP contribution in [0.4, 0.5) is 0 Å². The number of nitrogens with zero attached hydrogens (tertiary/aromatic N) is 1. The van der Waals surface area contributed by atoms with Gasteiger partial charge in [0.1, 0.15) is 0 Å². The Kier molecular flexibility index (Phi) is 5.54. The fourth-order valence-electron chi connectivity index (χ4n) is 4.53. The van der Waals surface area contributed by atoms with Crippen LogP contribution in [-0.4, -0.2) is 41.2 Å². The van der Waals surface area contributed by atoms with E-state index < -0.39 is 8.32 Å². The van der Waals surface area contributed by atoms with E-state index >= 15 is 0 Å². The van der Waals surface area contributed by atoms with Crippen molar-refractivity contribution in [1.82, 2.24) is 9.88 Å². The molecule has 7 heteroatoms. The molecule has 172 valence electrons. The van der Waals surface area contributed by atoms with Crippen molar-refractivity contribution in [3.05, 3.63) is 53.1 Å². The lowest BCUT2D eigenvalue weighted by atomic mass is 9.77. The van der Waals surface area contributed by atoms with Crippen LogP contribution < -0.4 is 5.32 Å². The van der Waals surface area contributed by atoms with Gasteiger partial charge in [-0.1, -0.05) is 45.0 Å². The number of benzene rings is 1. The zero-order valence-corrected chi connectivity index (χ0v) is 20.8. The molecule has 1 saturated heterocycles. The number of aromatic hydroxyl groups is 2. The third-order valence-corrected chi connectivity index (χ3v) is 12.0. The Morgan fingerprint density at radius 1 is 1.12 bits per heavy atom. The summed E-state index contributed by atoms with van der Waals surface area (Å²) in [4.78, 5) is 12.5. The molecule has 6 nitrogen and oxygen atoms in total. The average molecular weight is 455 g/mol. The molecular formula is C25H34N2O4Si. The number of aromatic nitrogens is 1. The van der Waals surface area contributed by atoms with Crippen molar-refractivity contribution >= 4 is 14.2 Å². The number of hydrogen-bond donors (Lipinski definition) is 3. The molecule has 1 aromatic carbocycles. The Hall–Kier alpha value is -2.51. The first-order valence-corrected chi connectivity index (χ1v) is 14.2. The Labute approximate surface area is 191 Å². The molecule has 0 bridgehead atoms. The van der Waals surface area contributed by atoms with Crippen molar-refractivity contribution in [1.29, 1.82) is 0 Å². The second-order valence-electron chi connectivity index (χ2n) is 10.5. The fourth-order valence-corrected chi connectivity index (χ4v) is 5.95. The maximum absolute atomic E-state index is 12.5. The normalized spacial score (nSPS) is 21.9. The van der Waals surface area contributed by atoms with Crippen LogP contribution in [0.25, 0.3) is 5.69 Å². The summed E-state index contributed by atoms with van der Waals surface area (Å²) in [7, 11) is -2.01. The van der Waals surface area contributed by atoms with Crippen LogP contribution in [0.2, 0.25) is 18.1 Å². The molecule has 0 spiro atoms. The van der Waals surface area contributed by atoms with Gasteiger partial charge in [0.2, 0.25) is 17.7 Å². The molecule has 1 aliphatic carbocycles. The number of fused-ring (bicyclic) bond motifs is 1. The van der Waals surface area contributed by atoms with Crippen molar-refractivity contribution in [3.8, 4) is 17.4 Å². The van der Waals surface area contributed by atoms with E-state index in [0.717, 1.165) is 16.7 Å². The van der Waals surface area contributed by atoms with E-state index in [9.17, 15) is 15.0 Å². The smallest absolute Gasteiger partial charge is 0.228 e. The minimum absolute atomic E-state index is 0.0156. The van der Waals surface area contributed by atoms with Crippen LogP contribution in [0.15, 0.2) is 42.0 Å². The number of carbonyl (C=O) groups is 1. The van der Waals surface area contributed by atoms with Gasteiger partial charge in [-0.25, -0.2) is 0 Å². The molecule has 0 unspecified atom stereocenters. The first-order valence-electron chi connectivity index (χ1n) is 11.3. The second kappa shape index (κ2) is 7.81. The summed E-state index contributed by atoms with van der Waals surface area (Å²) >= 11 is 0. The SMILES string of the molecule is C[C@H](O[Si](C)(C)C(C)(C)C)[C@H]1C(=O)N[C@@H]1C1=CCc2c(c(O)n(-c3ccccc3)c2O)C1. The molecule has 2 aliphatic rings. The van der Waals surface area contributed by atoms with Gasteiger partial charge in [-0.2, -0.15) is 0 Å². The van der Waals surface area contributed by atoms with Gasteiger partial charge in [0.05, 0.1) is 23.8 Å². The van der Waals surface area contributed by atoms with Gasteiger partial charge in [0.15, 0.2) is 8.32 Å². The number of β-lactam (4-membered cyclic amide) rings is 1. The van der Waals surface area contributed by atoms with E-state index in [0.29, 0.717) is 18.5 Å². The molecule has 2 aromatic rings. The molecule has 32 heavy (non-hydrogen) atoms. The second-order valence-corrected chi connectivity index (χ2v) is 15.3. The largest absolute Gasteiger partial charge is 0.494 e. The van der Waals surface area contributed by atoms with Gasteiger partial charge in [-0.15, -0.1) is 0 Å². The highest BCUT2D eigenvalue weighted by atomic mass is 28.4. The summed E-state index contributed by atoms with van der Waals surface area (Å²) in [5.74, 6) is -0.101. The van der Waals surface area contributed by atoms with Gasteiger partial charge in [0, 0.05) is 17.5 Å². The average Bonchev–Trinajstić information content (AvgIpc) is 2.95. The van der Waals surface area contributed by atoms with Crippen LogP contribution in [0, 0.1) is 5.92 Å².